The van der Waals surface area contributed by atoms with Gasteiger partial charge in [0.25, 0.3) is 0 Å². The van der Waals surface area contributed by atoms with Crippen LogP contribution in [0.1, 0.15) is 56.3 Å². The number of nitrogens with two attached hydrogens (primary N) is 1. The van der Waals surface area contributed by atoms with E-state index in [0.717, 1.165) is 56.7 Å². The summed E-state index contributed by atoms with van der Waals surface area (Å²) < 4.78 is 2.39. The highest BCUT2D eigenvalue weighted by molar-refractivity contribution is 5.78. The lowest BCUT2D eigenvalue weighted by molar-refractivity contribution is -0.132. The molecule has 1 fully saturated rings. The Bertz CT molecular complexity index is 1310. The Morgan fingerprint density at radius 3 is 2.51 bits per heavy atom. The number of benzene rings is 3. The number of aromatic nitrogens is 2. The highest BCUT2D eigenvalue weighted by atomic mass is 16.2. The molecule has 5 nitrogen and oxygen atoms in total. The van der Waals surface area contributed by atoms with Crippen molar-refractivity contribution in [3.05, 3.63) is 90.3 Å². The molecule has 0 aliphatic carbocycles. The van der Waals surface area contributed by atoms with Crippen LogP contribution in [0.15, 0.2) is 78.9 Å². The number of fused-ring (bicyclic) bond motifs is 1. The molecular formula is C32H38N4O. The van der Waals surface area contributed by atoms with Crippen LogP contribution in [0.3, 0.4) is 0 Å². The molecule has 2 atom stereocenters. The summed E-state index contributed by atoms with van der Waals surface area (Å²) in [6.07, 6.45) is 5.42. The van der Waals surface area contributed by atoms with E-state index < -0.39 is 0 Å². The summed E-state index contributed by atoms with van der Waals surface area (Å²) in [5.74, 6) is 1.56. The first kappa shape index (κ1) is 25.2. The van der Waals surface area contributed by atoms with Gasteiger partial charge in [0.15, 0.2) is 0 Å². The molecule has 192 valence electrons. The van der Waals surface area contributed by atoms with Gasteiger partial charge < -0.3 is 15.2 Å². The van der Waals surface area contributed by atoms with Crippen LogP contribution >= 0.6 is 0 Å². The number of imidazole rings is 1. The van der Waals surface area contributed by atoms with Crippen molar-refractivity contribution in [2.24, 2.45) is 5.73 Å². The summed E-state index contributed by atoms with van der Waals surface area (Å²) in [7, 11) is 0. The van der Waals surface area contributed by atoms with Gasteiger partial charge in [0, 0.05) is 38.0 Å². The second-order valence-electron chi connectivity index (χ2n) is 10.4. The molecule has 1 saturated heterocycles. The molecule has 5 rings (SSSR count). The average molecular weight is 495 g/mol. The Morgan fingerprint density at radius 1 is 1.00 bits per heavy atom. The Kier molecular flexibility index (Phi) is 8.00. The molecule has 0 spiro atoms. The van der Waals surface area contributed by atoms with E-state index >= 15 is 0 Å². The molecule has 3 aromatic carbocycles. The number of hydrogen-bond acceptors (Lipinski definition) is 3. The molecule has 1 aromatic heterocycles. The van der Waals surface area contributed by atoms with Crippen molar-refractivity contribution in [3.8, 4) is 11.1 Å². The van der Waals surface area contributed by atoms with Crippen LogP contribution in [0, 0.1) is 0 Å². The number of likely N-dealkylation sites (tertiary alicyclic amines) is 1. The van der Waals surface area contributed by atoms with E-state index in [1.165, 1.54) is 22.2 Å². The Labute approximate surface area is 220 Å². The fourth-order valence-corrected chi connectivity index (χ4v) is 5.56. The first-order valence-corrected chi connectivity index (χ1v) is 13.7. The topological polar surface area (TPSA) is 64.2 Å². The average Bonchev–Trinajstić information content (AvgIpc) is 3.31. The molecule has 0 radical (unpaired) electrons. The van der Waals surface area contributed by atoms with E-state index in [-0.39, 0.29) is 17.9 Å². The van der Waals surface area contributed by atoms with Gasteiger partial charge in [-0.2, -0.15) is 0 Å². The van der Waals surface area contributed by atoms with Crippen LogP contribution in [-0.2, 0) is 17.8 Å². The molecule has 1 amide bonds. The Hall–Kier alpha value is -3.44. The lowest BCUT2D eigenvalue weighted by Gasteiger charge is -2.33. The molecule has 1 aliphatic rings. The second kappa shape index (κ2) is 11.7. The van der Waals surface area contributed by atoms with Crippen LogP contribution in [0.25, 0.3) is 22.2 Å². The fraction of sp³-hybridized carbons (Fsp3) is 0.375. The van der Waals surface area contributed by atoms with Gasteiger partial charge in [0.1, 0.15) is 5.82 Å². The minimum Gasteiger partial charge on any atom is -0.342 e. The minimum atomic E-state index is -0.190. The predicted octanol–water partition coefficient (Wildman–Crippen LogP) is 6.17. The first-order chi connectivity index (χ1) is 18.1. The van der Waals surface area contributed by atoms with Gasteiger partial charge in [0.2, 0.25) is 5.91 Å². The third-order valence-electron chi connectivity index (χ3n) is 7.55. The number of piperidine rings is 1. The van der Waals surface area contributed by atoms with E-state index in [2.05, 4.69) is 84.3 Å². The highest BCUT2D eigenvalue weighted by Crippen LogP contribution is 2.30. The van der Waals surface area contributed by atoms with E-state index in [9.17, 15) is 4.79 Å². The molecule has 0 unspecified atom stereocenters. The molecule has 2 heterocycles. The fourth-order valence-electron chi connectivity index (χ4n) is 5.56. The van der Waals surface area contributed by atoms with Crippen LogP contribution in [0.5, 0.6) is 0 Å². The lowest BCUT2D eigenvalue weighted by Crippen LogP contribution is -2.42. The third-order valence-corrected chi connectivity index (χ3v) is 7.55. The number of carbonyl (C=O) groups is 1. The monoisotopic (exact) mass is 494 g/mol. The Balaban J connectivity index is 1.21. The number of para-hydroxylation sites is 2. The molecular weight excluding hydrogens is 456 g/mol. The molecule has 5 heteroatoms. The van der Waals surface area contributed by atoms with Crippen molar-refractivity contribution in [1.82, 2.24) is 14.5 Å². The third kappa shape index (κ3) is 5.94. The lowest BCUT2D eigenvalue weighted by atomic mass is 9.95. The van der Waals surface area contributed by atoms with Gasteiger partial charge in [-0.25, -0.2) is 4.98 Å². The van der Waals surface area contributed by atoms with Crippen molar-refractivity contribution in [2.45, 2.75) is 64.0 Å². The summed E-state index contributed by atoms with van der Waals surface area (Å²) >= 11 is 0. The van der Waals surface area contributed by atoms with E-state index in [1.54, 1.807) is 0 Å². The second-order valence-corrected chi connectivity index (χ2v) is 10.4. The highest BCUT2D eigenvalue weighted by Gasteiger charge is 2.29. The van der Waals surface area contributed by atoms with Gasteiger partial charge in [-0.1, -0.05) is 80.1 Å². The predicted molar refractivity (Wildman–Crippen MR) is 151 cm³/mol. The maximum Gasteiger partial charge on any atom is 0.224 e. The summed E-state index contributed by atoms with van der Waals surface area (Å²) in [6, 6.07) is 27.1. The van der Waals surface area contributed by atoms with Gasteiger partial charge in [0.05, 0.1) is 11.0 Å². The van der Waals surface area contributed by atoms with Gasteiger partial charge in [-0.15, -0.1) is 0 Å². The van der Waals surface area contributed by atoms with Crippen molar-refractivity contribution >= 4 is 16.9 Å². The van der Waals surface area contributed by atoms with Gasteiger partial charge in [-0.05, 0) is 54.5 Å². The quantitative estimate of drug-likeness (QED) is 0.303. The van der Waals surface area contributed by atoms with E-state index in [0.29, 0.717) is 12.8 Å². The number of hydrogen-bond donors (Lipinski definition) is 1. The number of nitrogens with zero attached hydrogens (tertiary/aromatic N) is 3. The minimum absolute atomic E-state index is 0.161. The first-order valence-electron chi connectivity index (χ1n) is 13.7. The number of rotatable bonds is 9. The molecule has 2 N–H and O–H groups in total. The summed E-state index contributed by atoms with van der Waals surface area (Å²) in [4.78, 5) is 20.3. The molecule has 37 heavy (non-hydrogen) atoms. The van der Waals surface area contributed by atoms with Crippen molar-refractivity contribution in [2.75, 3.05) is 13.1 Å². The van der Waals surface area contributed by atoms with Crippen LogP contribution < -0.4 is 5.73 Å². The van der Waals surface area contributed by atoms with Crippen molar-refractivity contribution in [1.29, 1.82) is 0 Å². The van der Waals surface area contributed by atoms with Gasteiger partial charge >= 0.3 is 0 Å². The number of unbranched alkanes of at least 4 members (excludes halogenated alkanes) is 1. The zero-order valence-corrected chi connectivity index (χ0v) is 21.9. The molecule has 0 saturated carbocycles. The number of amides is 1. The zero-order chi connectivity index (χ0) is 25.6. The summed E-state index contributed by atoms with van der Waals surface area (Å²) in [5.41, 5.74) is 12.3. The number of aryl methyl sites for hydroxylation is 1. The van der Waals surface area contributed by atoms with Crippen LogP contribution in [0.2, 0.25) is 0 Å². The molecule has 1 aliphatic heterocycles. The SMILES string of the molecule is CCCCn1c([C@@H]2CCCN(C(=O)C[C@H](N)Cc3ccc(-c4ccccc4)cc3)C2)nc2ccccc21. The maximum atomic E-state index is 13.3. The zero-order valence-electron chi connectivity index (χ0n) is 21.9. The Morgan fingerprint density at radius 2 is 1.73 bits per heavy atom. The number of carbonyl (C=O) groups excluding carboxylic acids is 1. The summed E-state index contributed by atoms with van der Waals surface area (Å²) in [6.45, 7) is 4.74. The standard InChI is InChI=1S/C32H38N4O/c1-2-3-20-36-30-14-8-7-13-29(30)34-32(36)27-12-9-19-35(23-27)31(37)22-28(33)21-24-15-17-26(18-16-24)25-10-5-4-6-11-25/h4-8,10-11,13-18,27-28H,2-3,9,12,19-23,33H2,1H3/t27-,28-/m1/s1. The smallest absolute Gasteiger partial charge is 0.224 e. The largest absolute Gasteiger partial charge is 0.342 e. The van der Waals surface area contributed by atoms with E-state index in [4.69, 9.17) is 10.7 Å². The van der Waals surface area contributed by atoms with Crippen LogP contribution in [0.4, 0.5) is 0 Å². The van der Waals surface area contributed by atoms with E-state index in [1.807, 2.05) is 11.0 Å². The van der Waals surface area contributed by atoms with Crippen molar-refractivity contribution in [3.63, 3.8) is 0 Å². The molecule has 4 aromatic rings. The van der Waals surface area contributed by atoms with Crippen LogP contribution in [-0.4, -0.2) is 39.5 Å². The van der Waals surface area contributed by atoms with Crippen molar-refractivity contribution < 1.29 is 4.79 Å². The summed E-state index contributed by atoms with van der Waals surface area (Å²) in [5, 5.41) is 0. The molecule has 0 bridgehead atoms. The maximum absolute atomic E-state index is 13.3. The normalized spacial score (nSPS) is 16.7. The van der Waals surface area contributed by atoms with Gasteiger partial charge in [-0.3, -0.25) is 4.79 Å².